The number of para-hydroxylation sites is 1. The van der Waals surface area contributed by atoms with Crippen molar-refractivity contribution >= 4 is 35.8 Å². The second-order valence-corrected chi connectivity index (χ2v) is 7.74. The molecule has 0 bridgehead atoms. The summed E-state index contributed by atoms with van der Waals surface area (Å²) < 4.78 is 40.4. The number of phenolic OH excluding ortho intramolecular Hbond substituents is 1. The molecule has 124 valence electrons. The van der Waals surface area contributed by atoms with Crippen LogP contribution in [0.2, 0.25) is 0 Å². The Balaban J connectivity index is 0.000000277. The number of carbonyl (C=O) groups is 1. The molecule has 2 rings (SSSR count). The molecule has 0 aliphatic rings. The number of aromatic hydroxyl groups is 1. The summed E-state index contributed by atoms with van der Waals surface area (Å²) >= 11 is -5.15. The van der Waals surface area contributed by atoms with Crippen molar-refractivity contribution in [2.75, 3.05) is 11.1 Å². The summed E-state index contributed by atoms with van der Waals surface area (Å²) in [5, 5.41) is 11.7. The molecule has 0 saturated carbocycles. The number of anilines is 2. The Morgan fingerprint density at radius 1 is 1.17 bits per heavy atom. The van der Waals surface area contributed by atoms with Gasteiger partial charge < -0.3 is 5.73 Å². The smallest absolute Gasteiger partial charge is 0.123 e. The SMILES string of the molecule is CC(=O)Nc1cccc([As](=O)(O)O)c1O.Nc1ccc(F)cc1. The topological polar surface area (TPSA) is 133 Å². The summed E-state index contributed by atoms with van der Waals surface area (Å²) in [5.74, 6) is -1.26. The number of amides is 1. The van der Waals surface area contributed by atoms with Crippen molar-refractivity contribution in [2.45, 2.75) is 6.92 Å². The summed E-state index contributed by atoms with van der Waals surface area (Å²) in [6.07, 6.45) is 0. The van der Waals surface area contributed by atoms with Crippen LogP contribution in [-0.4, -0.2) is 33.4 Å². The predicted octanol–water partition coefficient (Wildman–Crippen LogP) is 0.319. The van der Waals surface area contributed by atoms with Crippen LogP contribution in [0.1, 0.15) is 6.92 Å². The van der Waals surface area contributed by atoms with Crippen LogP contribution in [0.15, 0.2) is 42.5 Å². The first-order valence-electron chi connectivity index (χ1n) is 6.28. The average Bonchev–Trinajstić information content (AvgIpc) is 2.43. The van der Waals surface area contributed by atoms with Gasteiger partial charge in [0.15, 0.2) is 0 Å². The molecule has 0 aliphatic carbocycles. The maximum absolute atomic E-state index is 12.0. The molecule has 9 heteroatoms. The molecular weight excluding hydrogens is 370 g/mol. The number of hydrogen-bond donors (Lipinski definition) is 5. The van der Waals surface area contributed by atoms with Crippen LogP contribution in [0, 0.1) is 5.82 Å². The first-order valence-corrected chi connectivity index (χ1v) is 9.66. The minimum atomic E-state index is -5.15. The molecule has 0 spiro atoms. The van der Waals surface area contributed by atoms with Crippen LogP contribution in [0.5, 0.6) is 5.75 Å². The second-order valence-electron chi connectivity index (χ2n) is 4.45. The van der Waals surface area contributed by atoms with Gasteiger partial charge >= 0.3 is 88.1 Å². The molecule has 2 aromatic rings. The van der Waals surface area contributed by atoms with Crippen molar-refractivity contribution in [2.24, 2.45) is 0 Å². The number of halogens is 1. The largest absolute Gasteiger partial charge is 0.399 e. The van der Waals surface area contributed by atoms with Crippen LogP contribution in [0.25, 0.3) is 0 Å². The van der Waals surface area contributed by atoms with Crippen molar-refractivity contribution in [3.63, 3.8) is 0 Å². The van der Waals surface area contributed by atoms with Crippen LogP contribution < -0.4 is 15.4 Å². The fraction of sp³-hybridized carbons (Fsp3) is 0.0714. The van der Waals surface area contributed by atoms with Gasteiger partial charge in [0.05, 0.1) is 0 Å². The number of nitrogens with one attached hydrogen (secondary N) is 1. The van der Waals surface area contributed by atoms with E-state index in [-0.39, 0.29) is 11.5 Å². The van der Waals surface area contributed by atoms with Gasteiger partial charge in [-0.1, -0.05) is 0 Å². The normalized spacial score (nSPS) is 10.4. The Morgan fingerprint density at radius 2 is 1.74 bits per heavy atom. The van der Waals surface area contributed by atoms with Crippen molar-refractivity contribution in [1.82, 2.24) is 0 Å². The molecule has 6 N–H and O–H groups in total. The zero-order chi connectivity index (χ0) is 17.6. The van der Waals surface area contributed by atoms with Gasteiger partial charge in [0.25, 0.3) is 0 Å². The summed E-state index contributed by atoms with van der Waals surface area (Å²) in [5.41, 5.74) is 5.84. The molecule has 0 aromatic heterocycles. The number of nitrogen functional groups attached to an aromatic ring is 1. The molecule has 0 heterocycles. The van der Waals surface area contributed by atoms with E-state index in [9.17, 15) is 18.0 Å². The summed E-state index contributed by atoms with van der Waals surface area (Å²) in [6.45, 7) is 1.23. The van der Waals surface area contributed by atoms with Gasteiger partial charge in [0, 0.05) is 5.69 Å². The van der Waals surface area contributed by atoms with E-state index in [4.69, 9.17) is 13.9 Å². The average molecular weight is 386 g/mol. The summed E-state index contributed by atoms with van der Waals surface area (Å²) in [6, 6.07) is 9.53. The third-order valence-corrected chi connectivity index (χ3v) is 4.58. The van der Waals surface area contributed by atoms with Crippen molar-refractivity contribution < 1.29 is 26.2 Å². The van der Waals surface area contributed by atoms with E-state index >= 15 is 0 Å². The molecular formula is C14H16AsFN2O5. The molecule has 0 atom stereocenters. The monoisotopic (exact) mass is 386 g/mol. The van der Waals surface area contributed by atoms with Crippen molar-refractivity contribution in [3.8, 4) is 5.75 Å². The van der Waals surface area contributed by atoms with Crippen molar-refractivity contribution in [3.05, 3.63) is 48.3 Å². The third kappa shape index (κ3) is 6.15. The molecule has 0 saturated heterocycles. The molecule has 1 amide bonds. The number of rotatable bonds is 2. The van der Waals surface area contributed by atoms with E-state index in [1.165, 1.54) is 43.3 Å². The standard InChI is InChI=1S/C8H10AsNO5.C6H6FN/c1-5(11)10-7-4-2-3-6(8(7)12)9(13,14)15;7-5-1-3-6(8)4-2-5/h2-4,12H,1H3,(H,10,11)(H2,13,14,15);1-4H,8H2. The predicted molar refractivity (Wildman–Crippen MR) is 83.7 cm³/mol. The molecule has 0 fully saturated rings. The zero-order valence-corrected chi connectivity index (χ0v) is 14.0. The molecule has 2 aromatic carbocycles. The summed E-state index contributed by atoms with van der Waals surface area (Å²) in [4.78, 5) is 10.7. The van der Waals surface area contributed by atoms with E-state index in [0.717, 1.165) is 6.07 Å². The number of nitrogens with two attached hydrogens (primary N) is 1. The third-order valence-electron chi connectivity index (χ3n) is 2.51. The van der Waals surface area contributed by atoms with Crippen LogP contribution in [-0.2, 0) is 8.53 Å². The molecule has 7 nitrogen and oxygen atoms in total. The number of phenols is 1. The Bertz CT molecular complexity index is 709. The number of benzene rings is 2. The fourth-order valence-corrected chi connectivity index (χ4v) is 2.94. The summed E-state index contributed by atoms with van der Waals surface area (Å²) in [7, 11) is 0. The fourth-order valence-electron chi connectivity index (χ4n) is 1.52. The van der Waals surface area contributed by atoms with E-state index in [1.807, 2.05) is 0 Å². The van der Waals surface area contributed by atoms with E-state index < -0.39 is 30.2 Å². The van der Waals surface area contributed by atoms with Crippen LogP contribution >= 0.6 is 0 Å². The Morgan fingerprint density at radius 3 is 2.17 bits per heavy atom. The molecule has 0 radical (unpaired) electrons. The Kier molecular flexibility index (Phi) is 6.38. The second kappa shape index (κ2) is 7.82. The number of hydrogen-bond acceptors (Lipinski definition) is 4. The molecule has 0 aliphatic heterocycles. The van der Waals surface area contributed by atoms with Gasteiger partial charge in [-0.05, 0) is 24.3 Å². The van der Waals surface area contributed by atoms with Gasteiger partial charge in [-0.25, -0.2) is 4.39 Å². The minimum Gasteiger partial charge on any atom is -0.399 e. The zero-order valence-electron chi connectivity index (χ0n) is 12.1. The van der Waals surface area contributed by atoms with Gasteiger partial charge in [-0.3, -0.25) is 0 Å². The quantitative estimate of drug-likeness (QED) is 0.287. The van der Waals surface area contributed by atoms with E-state index in [0.29, 0.717) is 5.69 Å². The van der Waals surface area contributed by atoms with Crippen LogP contribution in [0.3, 0.4) is 0 Å². The minimum absolute atomic E-state index is 0.00951. The first-order chi connectivity index (χ1) is 10.6. The maximum Gasteiger partial charge on any atom is 0.123 e. The van der Waals surface area contributed by atoms with Crippen LogP contribution in [0.4, 0.5) is 15.8 Å². The molecule has 0 unspecified atom stereocenters. The Labute approximate surface area is 134 Å². The number of carbonyl (C=O) groups excluding carboxylic acids is 1. The molecule has 23 heavy (non-hydrogen) atoms. The van der Waals surface area contributed by atoms with Gasteiger partial charge in [0.2, 0.25) is 0 Å². The van der Waals surface area contributed by atoms with Gasteiger partial charge in [0.1, 0.15) is 5.82 Å². The Hall–Kier alpha value is -2.28. The van der Waals surface area contributed by atoms with Gasteiger partial charge in [-0.15, -0.1) is 0 Å². The van der Waals surface area contributed by atoms with E-state index in [2.05, 4.69) is 5.32 Å². The first kappa shape index (κ1) is 18.8. The van der Waals surface area contributed by atoms with Crippen molar-refractivity contribution in [1.29, 1.82) is 0 Å². The van der Waals surface area contributed by atoms with Gasteiger partial charge in [-0.2, -0.15) is 0 Å². The maximum atomic E-state index is 12.0. The van der Waals surface area contributed by atoms with E-state index in [1.54, 1.807) is 0 Å².